The largest absolute Gasteiger partial charge is 0.333 e. The van der Waals surface area contributed by atoms with Crippen LogP contribution in [-0.2, 0) is 29.0 Å². The fourth-order valence-corrected chi connectivity index (χ4v) is 2.81. The number of benzene rings is 1. The van der Waals surface area contributed by atoms with E-state index in [4.69, 9.17) is 21.9 Å². The summed E-state index contributed by atoms with van der Waals surface area (Å²) in [6, 6.07) is 6.08. The molecule has 1 aromatic rings. The molecule has 11 heteroatoms. The van der Waals surface area contributed by atoms with Crippen molar-refractivity contribution in [3.05, 3.63) is 34.9 Å². The lowest BCUT2D eigenvalue weighted by Crippen LogP contribution is -2.31. The van der Waals surface area contributed by atoms with Gasteiger partial charge in [0.05, 0.1) is 0 Å². The van der Waals surface area contributed by atoms with Crippen molar-refractivity contribution in [1.29, 1.82) is 0 Å². The zero-order valence-corrected chi connectivity index (χ0v) is 12.7. The van der Waals surface area contributed by atoms with Gasteiger partial charge in [0, 0.05) is 10.6 Å². The van der Waals surface area contributed by atoms with E-state index in [1.165, 1.54) is 19.1 Å². The maximum absolute atomic E-state index is 11.1. The molecule has 0 aliphatic heterocycles. The lowest BCUT2D eigenvalue weighted by Gasteiger charge is -2.23. The van der Waals surface area contributed by atoms with E-state index in [-0.39, 0.29) is 10.6 Å². The van der Waals surface area contributed by atoms with E-state index in [2.05, 4.69) is 8.37 Å². The van der Waals surface area contributed by atoms with E-state index in [0.29, 0.717) is 0 Å². The summed E-state index contributed by atoms with van der Waals surface area (Å²) in [6.45, 7) is 1.25. The lowest BCUT2D eigenvalue weighted by molar-refractivity contribution is 0.0745. The fraction of sp³-hybridized carbons (Fsp3) is 0.333. The van der Waals surface area contributed by atoms with Gasteiger partial charge in [-0.05, 0) is 13.0 Å². The van der Waals surface area contributed by atoms with Gasteiger partial charge in [0.2, 0.25) is 0 Å². The Morgan fingerprint density at radius 3 is 2.00 bits per heavy atom. The van der Waals surface area contributed by atoms with Gasteiger partial charge in [-0.15, -0.1) is 0 Å². The Bertz CT molecular complexity index is 675. The predicted octanol–water partition coefficient (Wildman–Crippen LogP) is 0.210. The molecule has 4 N–H and O–H groups in total. The van der Waals surface area contributed by atoms with Crippen molar-refractivity contribution in [2.45, 2.75) is 19.1 Å². The Kier molecular flexibility index (Phi) is 5.49. The van der Waals surface area contributed by atoms with Crippen LogP contribution in [0.1, 0.15) is 18.6 Å². The van der Waals surface area contributed by atoms with Crippen LogP contribution in [0.4, 0.5) is 0 Å². The van der Waals surface area contributed by atoms with E-state index >= 15 is 0 Å². The molecular formula is C9H13ClN2O6S2. The molecule has 8 nitrogen and oxygen atoms in total. The minimum absolute atomic E-state index is 0.158. The lowest BCUT2D eigenvalue weighted by atomic mass is 10.1. The molecule has 0 aromatic heterocycles. The normalized spacial score (nSPS) is 15.8. The van der Waals surface area contributed by atoms with Crippen LogP contribution in [0.25, 0.3) is 0 Å². The minimum Gasteiger partial charge on any atom is -0.252 e. The first-order valence-corrected chi connectivity index (χ1v) is 8.48. The molecular weight excluding hydrogens is 332 g/mol. The van der Waals surface area contributed by atoms with E-state index in [0.717, 1.165) is 0 Å². The van der Waals surface area contributed by atoms with E-state index < -0.39 is 32.8 Å². The number of nitrogens with two attached hydrogens (primary N) is 2. The van der Waals surface area contributed by atoms with Crippen molar-refractivity contribution in [3.63, 3.8) is 0 Å². The van der Waals surface area contributed by atoms with E-state index in [1.54, 1.807) is 12.1 Å². The summed E-state index contributed by atoms with van der Waals surface area (Å²) in [4.78, 5) is 0. The second-order valence-corrected chi connectivity index (χ2v) is 6.59. The molecule has 2 atom stereocenters. The average molecular weight is 345 g/mol. The monoisotopic (exact) mass is 344 g/mol. The van der Waals surface area contributed by atoms with Crippen molar-refractivity contribution in [1.82, 2.24) is 0 Å². The molecule has 0 radical (unpaired) electrons. The molecule has 1 rings (SSSR count). The van der Waals surface area contributed by atoms with Crippen molar-refractivity contribution in [2.24, 2.45) is 10.3 Å². The van der Waals surface area contributed by atoms with Gasteiger partial charge in [0.15, 0.2) is 0 Å². The highest BCUT2D eigenvalue weighted by Gasteiger charge is 2.29. The van der Waals surface area contributed by atoms with Crippen LogP contribution < -0.4 is 10.3 Å². The fourth-order valence-electron chi connectivity index (χ4n) is 1.50. The van der Waals surface area contributed by atoms with Crippen LogP contribution >= 0.6 is 11.6 Å². The maximum atomic E-state index is 11.1. The van der Waals surface area contributed by atoms with Gasteiger partial charge in [-0.25, -0.2) is 14.5 Å². The predicted molar refractivity (Wildman–Crippen MR) is 72.0 cm³/mol. The molecule has 20 heavy (non-hydrogen) atoms. The number of halogens is 1. The number of hydrogen-bond donors (Lipinski definition) is 2. The van der Waals surface area contributed by atoms with Crippen LogP contribution in [0.2, 0.25) is 5.02 Å². The minimum atomic E-state index is -4.36. The molecule has 0 spiro atoms. The third kappa shape index (κ3) is 5.71. The average Bonchev–Trinajstić information content (AvgIpc) is 2.23. The van der Waals surface area contributed by atoms with Crippen LogP contribution in [-0.4, -0.2) is 22.9 Å². The number of rotatable bonds is 6. The summed E-state index contributed by atoms with van der Waals surface area (Å²) >= 11 is 5.91. The maximum Gasteiger partial charge on any atom is 0.333 e. The molecule has 0 aliphatic carbocycles. The SMILES string of the molecule is C[C@@H](OS(N)(=O)=O)[C@H](OS(N)(=O)=O)c1ccccc1Cl. The summed E-state index contributed by atoms with van der Waals surface area (Å²) < 4.78 is 53.1. The van der Waals surface area contributed by atoms with Gasteiger partial charge >= 0.3 is 20.6 Å². The third-order valence-electron chi connectivity index (χ3n) is 2.16. The molecule has 0 saturated heterocycles. The second kappa shape index (κ2) is 6.35. The van der Waals surface area contributed by atoms with Gasteiger partial charge in [0.25, 0.3) is 0 Å². The van der Waals surface area contributed by atoms with Gasteiger partial charge < -0.3 is 0 Å². The highest BCUT2D eigenvalue weighted by Crippen LogP contribution is 2.30. The van der Waals surface area contributed by atoms with Crippen LogP contribution in [0.15, 0.2) is 24.3 Å². The Balaban J connectivity index is 3.19. The van der Waals surface area contributed by atoms with Crippen molar-refractivity contribution in [3.8, 4) is 0 Å². The quantitative estimate of drug-likeness (QED) is 0.756. The summed E-state index contributed by atoms with van der Waals surface area (Å²) in [5.41, 5.74) is 0.194. The third-order valence-corrected chi connectivity index (χ3v) is 3.55. The summed E-state index contributed by atoms with van der Waals surface area (Å²) in [5.74, 6) is 0. The molecule has 1 aromatic carbocycles. The highest BCUT2D eigenvalue weighted by atomic mass is 35.5. The number of hydrogen-bond acceptors (Lipinski definition) is 6. The molecule has 0 aliphatic rings. The standard InChI is InChI=1S/C9H13ClN2O6S2/c1-6(17-19(11,13)14)9(18-20(12,15)16)7-4-2-3-5-8(7)10/h2-6,9H,1H3,(H2,11,13,14)(H2,12,15,16)/t6-,9+/m1/s1. The zero-order valence-electron chi connectivity index (χ0n) is 10.3. The van der Waals surface area contributed by atoms with Crippen LogP contribution in [0.5, 0.6) is 0 Å². The van der Waals surface area contributed by atoms with Crippen molar-refractivity contribution < 1.29 is 25.2 Å². The molecule has 0 unspecified atom stereocenters. The summed E-state index contributed by atoms with van der Waals surface area (Å²) in [7, 11) is -8.67. The van der Waals surface area contributed by atoms with Gasteiger partial charge in [-0.3, -0.25) is 4.18 Å². The zero-order chi connectivity index (χ0) is 15.6. The molecule has 0 heterocycles. The molecule has 114 valence electrons. The van der Waals surface area contributed by atoms with Gasteiger partial charge in [-0.1, -0.05) is 29.8 Å². The second-order valence-electron chi connectivity index (χ2n) is 3.83. The first-order valence-electron chi connectivity index (χ1n) is 5.16. The Morgan fingerprint density at radius 1 is 1.05 bits per heavy atom. The van der Waals surface area contributed by atoms with Gasteiger partial charge in [-0.2, -0.15) is 16.8 Å². The van der Waals surface area contributed by atoms with Gasteiger partial charge in [0.1, 0.15) is 12.2 Å². The molecule has 0 saturated carbocycles. The highest BCUT2D eigenvalue weighted by molar-refractivity contribution is 7.84. The van der Waals surface area contributed by atoms with Crippen molar-refractivity contribution >= 4 is 32.2 Å². The van der Waals surface area contributed by atoms with E-state index in [9.17, 15) is 16.8 Å². The molecule has 0 fully saturated rings. The van der Waals surface area contributed by atoms with Crippen molar-refractivity contribution in [2.75, 3.05) is 0 Å². The first kappa shape index (κ1) is 17.3. The Labute approximate surface area is 122 Å². The summed E-state index contributed by atoms with van der Waals surface area (Å²) in [5, 5.41) is 9.69. The molecule has 0 amide bonds. The smallest absolute Gasteiger partial charge is 0.252 e. The van der Waals surface area contributed by atoms with Crippen LogP contribution in [0.3, 0.4) is 0 Å². The van der Waals surface area contributed by atoms with E-state index in [1.807, 2.05) is 0 Å². The first-order chi connectivity index (χ1) is 8.99. The summed E-state index contributed by atoms with van der Waals surface area (Å²) in [6.07, 6.45) is -2.62. The topological polar surface area (TPSA) is 139 Å². The molecule has 0 bridgehead atoms. The Hall–Kier alpha value is -0.750. The Morgan fingerprint density at radius 2 is 1.55 bits per heavy atom. The van der Waals surface area contributed by atoms with Crippen LogP contribution in [0, 0.1) is 0 Å².